The van der Waals surface area contributed by atoms with Crippen LogP contribution in [-0.4, -0.2) is 24.0 Å². The molecule has 0 spiro atoms. The molecule has 0 saturated carbocycles. The van der Waals surface area contributed by atoms with Gasteiger partial charge in [-0.1, -0.05) is 34.1 Å². The predicted molar refractivity (Wildman–Crippen MR) is 96.7 cm³/mol. The number of hydrogen-bond acceptors (Lipinski definition) is 3. The molecular formula is C18H16BrN3O. The van der Waals surface area contributed by atoms with E-state index in [1.807, 2.05) is 48.5 Å². The molecule has 0 bridgehead atoms. The number of carbonyl (C=O) groups excluding carboxylic acids is 1. The first-order valence-corrected chi connectivity index (χ1v) is 8.15. The second kappa shape index (κ2) is 7.24. The Labute approximate surface area is 143 Å². The Morgan fingerprint density at radius 3 is 2.57 bits per heavy atom. The average molecular weight is 370 g/mol. The third-order valence-corrected chi connectivity index (χ3v) is 3.95. The molecule has 2 N–H and O–H groups in total. The zero-order chi connectivity index (χ0) is 16.1. The number of nitrogens with zero attached hydrogens (tertiary/aromatic N) is 1. The molecule has 0 saturated heterocycles. The van der Waals surface area contributed by atoms with E-state index in [4.69, 9.17) is 0 Å². The van der Waals surface area contributed by atoms with Gasteiger partial charge in [-0.05, 0) is 42.5 Å². The number of halogens is 1. The fourth-order valence-corrected chi connectivity index (χ4v) is 2.50. The van der Waals surface area contributed by atoms with Crippen LogP contribution >= 0.6 is 15.9 Å². The van der Waals surface area contributed by atoms with Crippen molar-refractivity contribution in [1.82, 2.24) is 10.3 Å². The number of pyridine rings is 1. The standard InChI is InChI=1S/C18H16BrN3O/c19-15-8-5-14(6-9-15)18(23)21-12-11-20-17-10-7-13-3-1-2-4-16(13)22-17/h1-10H,11-12H2,(H,20,22)(H,21,23). The lowest BCUT2D eigenvalue weighted by atomic mass is 10.2. The van der Waals surface area contributed by atoms with E-state index in [1.54, 1.807) is 12.1 Å². The highest BCUT2D eigenvalue weighted by molar-refractivity contribution is 9.10. The topological polar surface area (TPSA) is 54.0 Å². The van der Waals surface area contributed by atoms with E-state index in [9.17, 15) is 4.79 Å². The number of para-hydroxylation sites is 1. The first-order valence-electron chi connectivity index (χ1n) is 7.36. The monoisotopic (exact) mass is 369 g/mol. The van der Waals surface area contributed by atoms with Gasteiger partial charge in [0, 0.05) is 28.5 Å². The van der Waals surface area contributed by atoms with E-state index in [-0.39, 0.29) is 5.91 Å². The van der Waals surface area contributed by atoms with Crippen LogP contribution in [0.1, 0.15) is 10.4 Å². The summed E-state index contributed by atoms with van der Waals surface area (Å²) in [6, 6.07) is 19.2. The van der Waals surface area contributed by atoms with Crippen molar-refractivity contribution in [3.05, 3.63) is 70.7 Å². The second-order valence-corrected chi connectivity index (χ2v) is 5.99. The van der Waals surface area contributed by atoms with Crippen LogP contribution in [0.3, 0.4) is 0 Å². The maximum atomic E-state index is 12.0. The Bertz CT molecular complexity index is 818. The SMILES string of the molecule is O=C(NCCNc1ccc2ccccc2n1)c1ccc(Br)cc1. The van der Waals surface area contributed by atoms with Gasteiger partial charge in [0.15, 0.2) is 0 Å². The zero-order valence-corrected chi connectivity index (χ0v) is 14.0. The predicted octanol–water partition coefficient (Wildman–Crippen LogP) is 3.84. The summed E-state index contributed by atoms with van der Waals surface area (Å²) in [4.78, 5) is 16.5. The average Bonchev–Trinajstić information content (AvgIpc) is 2.59. The van der Waals surface area contributed by atoms with Crippen molar-refractivity contribution in [2.45, 2.75) is 0 Å². The fraction of sp³-hybridized carbons (Fsp3) is 0.111. The summed E-state index contributed by atoms with van der Waals surface area (Å²) in [5.41, 5.74) is 1.61. The first kappa shape index (κ1) is 15.5. The molecule has 0 aliphatic heterocycles. The third kappa shape index (κ3) is 4.07. The number of carbonyl (C=O) groups is 1. The largest absolute Gasteiger partial charge is 0.368 e. The van der Waals surface area contributed by atoms with Crippen LogP contribution in [0, 0.1) is 0 Å². The molecule has 1 aromatic heterocycles. The van der Waals surface area contributed by atoms with Crippen molar-refractivity contribution in [2.24, 2.45) is 0 Å². The highest BCUT2D eigenvalue weighted by atomic mass is 79.9. The van der Waals surface area contributed by atoms with Crippen molar-refractivity contribution in [3.8, 4) is 0 Å². The minimum Gasteiger partial charge on any atom is -0.368 e. The van der Waals surface area contributed by atoms with Crippen LogP contribution in [0.25, 0.3) is 10.9 Å². The third-order valence-electron chi connectivity index (χ3n) is 3.42. The molecule has 3 rings (SSSR count). The molecule has 4 nitrogen and oxygen atoms in total. The van der Waals surface area contributed by atoms with Crippen molar-refractivity contribution in [1.29, 1.82) is 0 Å². The molecule has 3 aromatic rings. The number of rotatable bonds is 5. The summed E-state index contributed by atoms with van der Waals surface area (Å²) in [6.07, 6.45) is 0. The summed E-state index contributed by atoms with van der Waals surface area (Å²) >= 11 is 3.35. The van der Waals surface area contributed by atoms with Gasteiger partial charge in [-0.2, -0.15) is 0 Å². The van der Waals surface area contributed by atoms with Gasteiger partial charge < -0.3 is 10.6 Å². The van der Waals surface area contributed by atoms with Gasteiger partial charge in [-0.3, -0.25) is 4.79 Å². The van der Waals surface area contributed by atoms with Crippen molar-refractivity contribution in [2.75, 3.05) is 18.4 Å². The molecule has 0 radical (unpaired) electrons. The highest BCUT2D eigenvalue weighted by Crippen LogP contribution is 2.14. The van der Waals surface area contributed by atoms with E-state index in [0.29, 0.717) is 18.7 Å². The molecule has 0 fully saturated rings. The number of amides is 1. The maximum Gasteiger partial charge on any atom is 0.251 e. The van der Waals surface area contributed by atoms with Crippen LogP contribution < -0.4 is 10.6 Å². The fourth-order valence-electron chi connectivity index (χ4n) is 2.23. The quantitative estimate of drug-likeness (QED) is 0.671. The van der Waals surface area contributed by atoms with E-state index >= 15 is 0 Å². The van der Waals surface area contributed by atoms with Crippen LogP contribution in [0.15, 0.2) is 65.1 Å². The van der Waals surface area contributed by atoms with E-state index in [2.05, 4.69) is 31.5 Å². The summed E-state index contributed by atoms with van der Waals surface area (Å²) in [7, 11) is 0. The lowest BCUT2D eigenvalue weighted by molar-refractivity contribution is 0.0955. The number of anilines is 1. The van der Waals surface area contributed by atoms with Crippen molar-refractivity contribution in [3.63, 3.8) is 0 Å². The summed E-state index contributed by atoms with van der Waals surface area (Å²) in [6.45, 7) is 1.15. The number of fused-ring (bicyclic) bond motifs is 1. The molecular weight excluding hydrogens is 354 g/mol. The summed E-state index contributed by atoms with van der Waals surface area (Å²) in [5, 5.41) is 7.21. The van der Waals surface area contributed by atoms with Crippen LogP contribution in [-0.2, 0) is 0 Å². The molecule has 23 heavy (non-hydrogen) atoms. The molecule has 2 aromatic carbocycles. The number of aromatic nitrogens is 1. The van der Waals surface area contributed by atoms with Gasteiger partial charge in [0.05, 0.1) is 5.52 Å². The molecule has 5 heteroatoms. The van der Waals surface area contributed by atoms with Gasteiger partial charge in [-0.15, -0.1) is 0 Å². The van der Waals surface area contributed by atoms with Gasteiger partial charge >= 0.3 is 0 Å². The van der Waals surface area contributed by atoms with Crippen molar-refractivity contribution >= 4 is 38.6 Å². The second-order valence-electron chi connectivity index (χ2n) is 5.08. The normalized spacial score (nSPS) is 10.5. The molecule has 0 atom stereocenters. The minimum atomic E-state index is -0.0780. The Morgan fingerprint density at radius 2 is 1.74 bits per heavy atom. The Morgan fingerprint density at radius 1 is 0.957 bits per heavy atom. The zero-order valence-electron chi connectivity index (χ0n) is 12.4. The van der Waals surface area contributed by atoms with Crippen molar-refractivity contribution < 1.29 is 4.79 Å². The van der Waals surface area contributed by atoms with E-state index < -0.39 is 0 Å². The number of benzene rings is 2. The summed E-state index contributed by atoms with van der Waals surface area (Å²) in [5.74, 6) is 0.729. The van der Waals surface area contributed by atoms with Gasteiger partial charge in [0.1, 0.15) is 5.82 Å². The van der Waals surface area contributed by atoms with Crippen LogP contribution in [0.4, 0.5) is 5.82 Å². The number of hydrogen-bond donors (Lipinski definition) is 2. The minimum absolute atomic E-state index is 0.0780. The highest BCUT2D eigenvalue weighted by Gasteiger charge is 2.04. The lowest BCUT2D eigenvalue weighted by Crippen LogP contribution is -2.28. The summed E-state index contributed by atoms with van der Waals surface area (Å²) < 4.78 is 0.957. The Balaban J connectivity index is 1.50. The van der Waals surface area contributed by atoms with Gasteiger partial charge in [0.2, 0.25) is 0 Å². The maximum absolute atomic E-state index is 12.0. The van der Waals surface area contributed by atoms with Gasteiger partial charge in [0.25, 0.3) is 5.91 Å². The Hall–Kier alpha value is -2.40. The van der Waals surface area contributed by atoms with E-state index in [1.165, 1.54) is 0 Å². The van der Waals surface area contributed by atoms with Crippen LogP contribution in [0.2, 0.25) is 0 Å². The molecule has 0 aliphatic carbocycles. The van der Waals surface area contributed by atoms with Crippen LogP contribution in [0.5, 0.6) is 0 Å². The Kier molecular flexibility index (Phi) is 4.88. The van der Waals surface area contributed by atoms with E-state index in [0.717, 1.165) is 21.2 Å². The molecule has 1 amide bonds. The molecule has 116 valence electrons. The number of nitrogens with one attached hydrogen (secondary N) is 2. The molecule has 1 heterocycles. The smallest absolute Gasteiger partial charge is 0.251 e. The first-order chi connectivity index (χ1) is 11.2. The molecule has 0 unspecified atom stereocenters. The molecule has 0 aliphatic rings. The lowest BCUT2D eigenvalue weighted by Gasteiger charge is -2.08. The van der Waals surface area contributed by atoms with Gasteiger partial charge in [-0.25, -0.2) is 4.98 Å².